The number of benzene rings is 1. The van der Waals surface area contributed by atoms with E-state index >= 15 is 0 Å². The van der Waals surface area contributed by atoms with Crippen molar-refractivity contribution in [2.24, 2.45) is 0 Å². The van der Waals surface area contributed by atoms with Crippen molar-refractivity contribution in [2.45, 2.75) is 19.8 Å². The van der Waals surface area contributed by atoms with Gasteiger partial charge < -0.3 is 0 Å². The quantitative estimate of drug-likeness (QED) is 0.484. The number of rotatable bonds is 4. The number of carbonyl (C=O) groups is 2. The van der Waals surface area contributed by atoms with E-state index in [0.29, 0.717) is 10.1 Å². The molecule has 1 unspecified atom stereocenters. The van der Waals surface area contributed by atoms with Crippen molar-refractivity contribution in [1.82, 2.24) is 5.32 Å². The van der Waals surface area contributed by atoms with Gasteiger partial charge in [-0.3, -0.25) is 0 Å². The van der Waals surface area contributed by atoms with Gasteiger partial charge in [-0.25, -0.2) is 0 Å². The van der Waals surface area contributed by atoms with Crippen LogP contribution in [0.3, 0.4) is 0 Å². The maximum absolute atomic E-state index is 12.1. The second-order valence-corrected chi connectivity index (χ2v) is 10.1. The second-order valence-electron chi connectivity index (χ2n) is 4.39. The summed E-state index contributed by atoms with van der Waals surface area (Å²) in [4.78, 5) is 24.5. The molecule has 6 nitrogen and oxygen atoms in total. The minimum absolute atomic E-state index is 0.220. The first kappa shape index (κ1) is 14.9. The summed E-state index contributed by atoms with van der Waals surface area (Å²) in [6, 6.07) is 4.43. The molecule has 1 aliphatic heterocycles. The van der Waals surface area contributed by atoms with Crippen molar-refractivity contribution in [3.05, 3.63) is 27.3 Å². The number of fused-ring (bicyclic) bond motifs is 1. The average molecular weight is 393 g/mol. The molecule has 0 fully saturated rings. The summed E-state index contributed by atoms with van der Waals surface area (Å²) < 4.78 is 22.4. The molecule has 0 aliphatic carbocycles. The van der Waals surface area contributed by atoms with Crippen molar-refractivity contribution in [1.29, 1.82) is 0 Å². The fraction of sp³-hybridized carbons (Fsp3) is 0.385. The predicted molar refractivity (Wildman–Crippen MR) is 80.1 cm³/mol. The topological polar surface area (TPSA) is 81.7 Å². The molecule has 0 saturated heterocycles. The van der Waals surface area contributed by atoms with Gasteiger partial charge in [0, 0.05) is 0 Å². The molecular weight excluding hydrogens is 377 g/mol. The molecule has 1 amide bonds. The predicted octanol–water partition coefficient (Wildman–Crippen LogP) is 2.85. The van der Waals surface area contributed by atoms with Crippen LogP contribution in [0.5, 0.6) is 5.75 Å². The van der Waals surface area contributed by atoms with Crippen LogP contribution in [0.1, 0.15) is 30.1 Å². The Morgan fingerprint density at radius 2 is 2.20 bits per heavy atom. The third kappa shape index (κ3) is 3.14. The fourth-order valence-electron chi connectivity index (χ4n) is 1.75. The van der Waals surface area contributed by atoms with Crippen LogP contribution < -0.4 is 10.1 Å². The molecule has 1 aromatic rings. The zero-order valence-corrected chi connectivity index (χ0v) is 13.4. The van der Waals surface area contributed by atoms with Crippen molar-refractivity contribution in [3.63, 3.8) is 0 Å². The molecule has 0 saturated carbocycles. The molecule has 1 aliphatic rings. The Labute approximate surface area is 121 Å². The SMILES string of the molecule is CCCCNC(=O)Oc1ccc2c(c1)C(=O)OI2(C)=O. The molecule has 0 bridgehead atoms. The van der Waals surface area contributed by atoms with Crippen LogP contribution in [-0.2, 0) is 6.14 Å². The zero-order valence-electron chi connectivity index (χ0n) is 11.3. The fourth-order valence-corrected chi connectivity index (χ4v) is 5.25. The van der Waals surface area contributed by atoms with Gasteiger partial charge in [0.15, 0.2) is 0 Å². The van der Waals surface area contributed by atoms with E-state index in [2.05, 4.69) is 5.32 Å². The molecule has 0 radical (unpaired) electrons. The van der Waals surface area contributed by atoms with Crippen LogP contribution >= 0.6 is 18.8 Å². The summed E-state index contributed by atoms with van der Waals surface area (Å²) in [5.41, 5.74) is 0.220. The number of halogens is 1. The Kier molecular flexibility index (Phi) is 4.36. The Hall–Kier alpha value is -1.51. The number of amides is 1. The van der Waals surface area contributed by atoms with E-state index < -0.39 is 30.9 Å². The summed E-state index contributed by atoms with van der Waals surface area (Å²) in [7, 11) is 0. The molecule has 0 spiro atoms. The number of nitrogens with one attached hydrogen (secondary N) is 1. The number of hydrogen-bond donors (Lipinski definition) is 1. The number of carbonyl (C=O) groups excluding carboxylic acids is 2. The Morgan fingerprint density at radius 3 is 2.90 bits per heavy atom. The van der Waals surface area contributed by atoms with Gasteiger partial charge in [-0.2, -0.15) is 0 Å². The van der Waals surface area contributed by atoms with Crippen LogP contribution in [0.25, 0.3) is 0 Å². The van der Waals surface area contributed by atoms with E-state index in [0.717, 1.165) is 12.8 Å². The van der Waals surface area contributed by atoms with Gasteiger partial charge in [-0.05, 0) is 0 Å². The Bertz CT molecular complexity index is 598. The van der Waals surface area contributed by atoms with Crippen molar-refractivity contribution >= 4 is 30.9 Å². The standard InChI is InChI=1S/C13H16INO5/c1-3-4-7-15-13(17)19-9-5-6-11-10(8-9)12(16)20-14(11,2)18/h5-6,8H,3-4,7H2,1-2H3,(H,15,17). The molecule has 1 atom stereocenters. The zero-order chi connectivity index (χ0) is 14.8. The number of alkyl halides is 1. The van der Waals surface area contributed by atoms with Crippen molar-refractivity contribution < 1.29 is 20.5 Å². The molecule has 2 rings (SSSR count). The molecule has 110 valence electrons. The summed E-state index contributed by atoms with van der Waals surface area (Å²) in [6.07, 6.45) is 1.27. The van der Waals surface area contributed by atoms with Gasteiger partial charge >= 0.3 is 121 Å². The monoisotopic (exact) mass is 393 g/mol. The Morgan fingerprint density at radius 1 is 1.45 bits per heavy atom. The van der Waals surface area contributed by atoms with Crippen LogP contribution in [0.15, 0.2) is 18.2 Å². The summed E-state index contributed by atoms with van der Waals surface area (Å²) in [6.45, 7) is 2.56. The summed E-state index contributed by atoms with van der Waals surface area (Å²) >= 11 is -3.81. The van der Waals surface area contributed by atoms with E-state index in [9.17, 15) is 12.7 Å². The van der Waals surface area contributed by atoms with Gasteiger partial charge in [-0.1, -0.05) is 0 Å². The van der Waals surface area contributed by atoms with Gasteiger partial charge in [-0.15, -0.1) is 0 Å². The first-order valence-corrected chi connectivity index (χ1v) is 11.2. The molecule has 1 N–H and O–H groups in total. The Balaban J connectivity index is 2.09. The maximum atomic E-state index is 12.1. The van der Waals surface area contributed by atoms with Gasteiger partial charge in [0.25, 0.3) is 0 Å². The van der Waals surface area contributed by atoms with E-state index in [1.54, 1.807) is 0 Å². The molecule has 20 heavy (non-hydrogen) atoms. The van der Waals surface area contributed by atoms with E-state index in [4.69, 9.17) is 7.80 Å². The van der Waals surface area contributed by atoms with Crippen LogP contribution in [-0.4, -0.2) is 23.5 Å². The summed E-state index contributed by atoms with van der Waals surface area (Å²) in [5.74, 6) is -0.390. The van der Waals surface area contributed by atoms with E-state index in [1.807, 2.05) is 6.92 Å². The minimum atomic E-state index is -3.81. The second kappa shape index (κ2) is 5.86. The van der Waals surface area contributed by atoms with Crippen LogP contribution in [0.2, 0.25) is 0 Å². The first-order valence-electron chi connectivity index (χ1n) is 6.19. The van der Waals surface area contributed by atoms with Gasteiger partial charge in [0.2, 0.25) is 0 Å². The van der Waals surface area contributed by atoms with E-state index in [-0.39, 0.29) is 11.3 Å². The van der Waals surface area contributed by atoms with Gasteiger partial charge in [0.1, 0.15) is 0 Å². The average Bonchev–Trinajstić information content (AvgIpc) is 2.60. The first-order chi connectivity index (χ1) is 9.44. The number of hydrogen-bond acceptors (Lipinski definition) is 5. The molecule has 1 aromatic carbocycles. The van der Waals surface area contributed by atoms with Crippen LogP contribution in [0.4, 0.5) is 4.79 Å². The normalized spacial score (nSPS) is 23.4. The summed E-state index contributed by atoms with van der Waals surface area (Å²) in [5, 5.41) is 2.60. The molecular formula is C13H16INO5. The van der Waals surface area contributed by atoms with Crippen molar-refractivity contribution in [2.75, 3.05) is 11.5 Å². The van der Waals surface area contributed by atoms with E-state index in [1.165, 1.54) is 23.1 Å². The number of unbranched alkanes of at least 4 members (excludes halogenated alkanes) is 1. The van der Waals surface area contributed by atoms with Gasteiger partial charge in [0.05, 0.1) is 0 Å². The third-order valence-corrected chi connectivity index (χ3v) is 7.05. The van der Waals surface area contributed by atoms with Crippen LogP contribution in [0, 0.1) is 3.57 Å². The third-order valence-electron chi connectivity index (χ3n) is 2.76. The molecule has 1 heterocycles. The van der Waals surface area contributed by atoms with Crippen molar-refractivity contribution in [3.8, 4) is 5.75 Å². The number of ether oxygens (including phenoxy) is 1. The molecule has 7 heteroatoms. The molecule has 0 aromatic heterocycles.